The summed E-state index contributed by atoms with van der Waals surface area (Å²) in [5.74, 6) is 1.23. The second kappa shape index (κ2) is 7.31. The summed E-state index contributed by atoms with van der Waals surface area (Å²) in [6, 6.07) is 12.6. The molecule has 2 rings (SSSR count). The zero-order valence-electron chi connectivity index (χ0n) is 10.5. The molecule has 0 spiro atoms. The van der Waals surface area contributed by atoms with E-state index in [-0.39, 0.29) is 0 Å². The summed E-state index contributed by atoms with van der Waals surface area (Å²) in [7, 11) is 0. The smallest absolute Gasteiger partial charge is 0.155 e. The monoisotopic (exact) mass is 354 g/mol. The fourth-order valence-corrected chi connectivity index (χ4v) is 2.07. The first kappa shape index (κ1) is 14.9. The van der Waals surface area contributed by atoms with Crippen molar-refractivity contribution in [1.29, 1.82) is 0 Å². The summed E-state index contributed by atoms with van der Waals surface area (Å²) in [5.41, 5.74) is 0.359. The van der Waals surface area contributed by atoms with Crippen molar-refractivity contribution in [3.05, 3.63) is 57.5 Å². The molecular formula is C15H12BrClO3. The Morgan fingerprint density at radius 2 is 1.75 bits per heavy atom. The van der Waals surface area contributed by atoms with E-state index < -0.39 is 0 Å². The van der Waals surface area contributed by atoms with E-state index in [0.29, 0.717) is 35.8 Å². The predicted octanol–water partition coefficient (Wildman–Crippen LogP) is 4.37. The fourth-order valence-electron chi connectivity index (χ4n) is 1.60. The first-order chi connectivity index (χ1) is 9.70. The summed E-state index contributed by atoms with van der Waals surface area (Å²) in [5, 5.41) is 0.381. The number of halogens is 2. The van der Waals surface area contributed by atoms with Crippen LogP contribution in [0.1, 0.15) is 10.4 Å². The zero-order chi connectivity index (χ0) is 14.4. The molecule has 0 bridgehead atoms. The van der Waals surface area contributed by atoms with Gasteiger partial charge in [-0.15, -0.1) is 0 Å². The molecule has 0 saturated heterocycles. The highest BCUT2D eigenvalue weighted by Crippen LogP contribution is 2.24. The van der Waals surface area contributed by atoms with Crippen molar-refractivity contribution in [2.24, 2.45) is 0 Å². The van der Waals surface area contributed by atoms with Crippen LogP contribution in [0.25, 0.3) is 0 Å². The summed E-state index contributed by atoms with van der Waals surface area (Å²) in [6.45, 7) is 0.712. The Balaban J connectivity index is 1.86. The summed E-state index contributed by atoms with van der Waals surface area (Å²) >= 11 is 9.26. The van der Waals surface area contributed by atoms with E-state index in [4.69, 9.17) is 21.1 Å². The molecule has 0 radical (unpaired) electrons. The van der Waals surface area contributed by atoms with Crippen molar-refractivity contribution in [2.75, 3.05) is 13.2 Å². The highest BCUT2D eigenvalue weighted by Gasteiger charge is 2.06. The molecule has 0 N–H and O–H groups in total. The van der Waals surface area contributed by atoms with Gasteiger partial charge in [-0.25, -0.2) is 0 Å². The van der Waals surface area contributed by atoms with Crippen molar-refractivity contribution in [2.45, 2.75) is 0 Å². The van der Waals surface area contributed by atoms with Gasteiger partial charge in [0.25, 0.3) is 0 Å². The largest absolute Gasteiger partial charge is 0.490 e. The zero-order valence-corrected chi connectivity index (χ0v) is 12.9. The van der Waals surface area contributed by atoms with Gasteiger partial charge in [0, 0.05) is 4.47 Å². The Labute approximate surface area is 130 Å². The fraction of sp³-hybridized carbons (Fsp3) is 0.133. The second-order valence-corrected chi connectivity index (χ2v) is 5.24. The first-order valence-corrected chi connectivity index (χ1v) is 7.12. The standard InChI is InChI=1S/C15H12BrClO3/c16-11-4-6-12(7-5-11)19-8-9-20-15-3-1-2-14(17)13(15)10-18/h1-7,10H,8-9H2. The molecule has 3 nitrogen and oxygen atoms in total. The van der Waals surface area contributed by atoms with Crippen molar-refractivity contribution < 1.29 is 14.3 Å². The van der Waals surface area contributed by atoms with Gasteiger partial charge in [0.05, 0.1) is 10.6 Å². The molecular weight excluding hydrogens is 344 g/mol. The van der Waals surface area contributed by atoms with Gasteiger partial charge in [0.2, 0.25) is 0 Å². The number of carbonyl (C=O) groups is 1. The highest BCUT2D eigenvalue weighted by atomic mass is 79.9. The normalized spacial score (nSPS) is 10.1. The Morgan fingerprint density at radius 3 is 2.45 bits per heavy atom. The minimum Gasteiger partial charge on any atom is -0.490 e. The van der Waals surface area contributed by atoms with Gasteiger partial charge in [-0.05, 0) is 36.4 Å². The molecule has 20 heavy (non-hydrogen) atoms. The van der Waals surface area contributed by atoms with Gasteiger partial charge in [-0.2, -0.15) is 0 Å². The van der Waals surface area contributed by atoms with E-state index in [2.05, 4.69) is 15.9 Å². The van der Waals surface area contributed by atoms with E-state index >= 15 is 0 Å². The van der Waals surface area contributed by atoms with Crippen LogP contribution in [0.2, 0.25) is 5.02 Å². The van der Waals surface area contributed by atoms with Gasteiger partial charge >= 0.3 is 0 Å². The molecule has 0 heterocycles. The maximum Gasteiger partial charge on any atom is 0.155 e. The number of hydrogen-bond donors (Lipinski definition) is 0. The lowest BCUT2D eigenvalue weighted by molar-refractivity contribution is 0.111. The molecule has 0 aliphatic carbocycles. The van der Waals surface area contributed by atoms with E-state index in [1.54, 1.807) is 18.2 Å². The van der Waals surface area contributed by atoms with Crippen LogP contribution in [0.4, 0.5) is 0 Å². The van der Waals surface area contributed by atoms with E-state index in [1.807, 2.05) is 24.3 Å². The van der Waals surface area contributed by atoms with E-state index in [0.717, 1.165) is 10.2 Å². The number of ether oxygens (including phenoxy) is 2. The van der Waals surface area contributed by atoms with Crippen LogP contribution in [0.15, 0.2) is 46.9 Å². The van der Waals surface area contributed by atoms with Crippen molar-refractivity contribution >= 4 is 33.8 Å². The molecule has 2 aromatic carbocycles. The van der Waals surface area contributed by atoms with Crippen LogP contribution in [0, 0.1) is 0 Å². The predicted molar refractivity (Wildman–Crippen MR) is 82.0 cm³/mol. The molecule has 0 atom stereocenters. The van der Waals surface area contributed by atoms with Gasteiger partial charge in [0.15, 0.2) is 6.29 Å². The van der Waals surface area contributed by atoms with Gasteiger partial charge in [-0.3, -0.25) is 4.79 Å². The van der Waals surface area contributed by atoms with Crippen LogP contribution in [0.3, 0.4) is 0 Å². The molecule has 5 heteroatoms. The Hall–Kier alpha value is -1.52. The molecule has 0 aromatic heterocycles. The lowest BCUT2D eigenvalue weighted by atomic mass is 10.2. The molecule has 0 aliphatic heterocycles. The summed E-state index contributed by atoms with van der Waals surface area (Å²) in [6.07, 6.45) is 0.688. The number of aldehydes is 1. The minimum atomic E-state index is 0.331. The van der Waals surface area contributed by atoms with Gasteiger partial charge < -0.3 is 9.47 Å². The number of hydrogen-bond acceptors (Lipinski definition) is 3. The number of carbonyl (C=O) groups excluding carboxylic acids is 1. The van der Waals surface area contributed by atoms with Crippen LogP contribution in [0.5, 0.6) is 11.5 Å². The highest BCUT2D eigenvalue weighted by molar-refractivity contribution is 9.10. The first-order valence-electron chi connectivity index (χ1n) is 5.95. The molecule has 0 amide bonds. The summed E-state index contributed by atoms with van der Waals surface area (Å²) in [4.78, 5) is 10.9. The van der Waals surface area contributed by atoms with E-state index in [1.165, 1.54) is 0 Å². The third kappa shape index (κ3) is 3.99. The minimum absolute atomic E-state index is 0.331. The lowest BCUT2D eigenvalue weighted by Gasteiger charge is -2.10. The van der Waals surface area contributed by atoms with Crippen LogP contribution >= 0.6 is 27.5 Å². The topological polar surface area (TPSA) is 35.5 Å². The summed E-state index contributed by atoms with van der Waals surface area (Å²) < 4.78 is 12.0. The molecule has 0 aliphatic rings. The number of rotatable bonds is 6. The Bertz CT molecular complexity index is 584. The van der Waals surface area contributed by atoms with E-state index in [9.17, 15) is 4.79 Å². The molecule has 0 unspecified atom stereocenters. The lowest BCUT2D eigenvalue weighted by Crippen LogP contribution is -2.10. The molecule has 2 aromatic rings. The van der Waals surface area contributed by atoms with Gasteiger partial charge in [-0.1, -0.05) is 33.6 Å². The van der Waals surface area contributed by atoms with Crippen molar-refractivity contribution in [1.82, 2.24) is 0 Å². The molecule has 0 saturated carbocycles. The SMILES string of the molecule is O=Cc1c(Cl)cccc1OCCOc1ccc(Br)cc1. The average Bonchev–Trinajstić information content (AvgIpc) is 2.45. The van der Waals surface area contributed by atoms with Gasteiger partial charge in [0.1, 0.15) is 24.7 Å². The van der Waals surface area contributed by atoms with Crippen LogP contribution in [-0.2, 0) is 0 Å². The third-order valence-electron chi connectivity index (χ3n) is 2.55. The van der Waals surface area contributed by atoms with Crippen molar-refractivity contribution in [3.8, 4) is 11.5 Å². The van der Waals surface area contributed by atoms with Crippen molar-refractivity contribution in [3.63, 3.8) is 0 Å². The number of benzene rings is 2. The maximum absolute atomic E-state index is 10.9. The average molecular weight is 356 g/mol. The Kier molecular flexibility index (Phi) is 5.44. The molecule has 104 valence electrons. The van der Waals surface area contributed by atoms with Crippen LogP contribution in [-0.4, -0.2) is 19.5 Å². The molecule has 0 fully saturated rings. The quantitative estimate of drug-likeness (QED) is 0.570. The maximum atomic E-state index is 10.9. The second-order valence-electron chi connectivity index (χ2n) is 3.92. The third-order valence-corrected chi connectivity index (χ3v) is 3.41. The van der Waals surface area contributed by atoms with Crippen LogP contribution < -0.4 is 9.47 Å². The Morgan fingerprint density at radius 1 is 1.05 bits per heavy atom.